The summed E-state index contributed by atoms with van der Waals surface area (Å²) in [6.07, 6.45) is 4.68. The predicted molar refractivity (Wildman–Crippen MR) is 78.9 cm³/mol. The number of amides is 2. The van der Waals surface area contributed by atoms with Crippen molar-refractivity contribution in [1.82, 2.24) is 10.2 Å². The summed E-state index contributed by atoms with van der Waals surface area (Å²) in [7, 11) is 0. The molecule has 0 aromatic carbocycles. The Morgan fingerprint density at radius 3 is 2.65 bits per heavy atom. The second-order valence-electron chi connectivity index (χ2n) is 4.76. The van der Waals surface area contributed by atoms with Gasteiger partial charge < -0.3 is 14.6 Å². The number of furan rings is 1. The summed E-state index contributed by atoms with van der Waals surface area (Å²) in [4.78, 5) is 24.8. The van der Waals surface area contributed by atoms with Crippen molar-refractivity contribution in [2.24, 2.45) is 0 Å². The number of rotatable bonds is 3. The van der Waals surface area contributed by atoms with Crippen LogP contribution in [0.2, 0.25) is 0 Å². The van der Waals surface area contributed by atoms with Crippen LogP contribution in [-0.4, -0.2) is 35.8 Å². The third-order valence-electron chi connectivity index (χ3n) is 3.28. The number of nitrogens with zero attached hydrogens (tertiary/aromatic N) is 1. The third-order valence-corrected chi connectivity index (χ3v) is 3.71. The van der Waals surface area contributed by atoms with Gasteiger partial charge in [-0.05, 0) is 47.0 Å². The average Bonchev–Trinajstić information content (AvgIpc) is 2.83. The molecular weight excluding hydrogens is 324 g/mol. The Morgan fingerprint density at radius 2 is 2.10 bits per heavy atom. The molecule has 0 unspecified atom stereocenters. The Labute approximate surface area is 126 Å². The normalized spacial score (nSPS) is 16.6. The number of carbonyl (C=O) groups is 2. The quantitative estimate of drug-likeness (QED) is 0.858. The first-order valence-electron chi connectivity index (χ1n) is 6.54. The Morgan fingerprint density at radius 1 is 1.40 bits per heavy atom. The first-order valence-corrected chi connectivity index (χ1v) is 7.33. The number of likely N-dealkylation sites (tertiary alicyclic amines) is 1. The highest BCUT2D eigenvalue weighted by atomic mass is 79.9. The molecule has 1 aliphatic heterocycles. The molecule has 1 fully saturated rings. The van der Waals surface area contributed by atoms with Gasteiger partial charge in [-0.3, -0.25) is 9.59 Å². The van der Waals surface area contributed by atoms with Crippen molar-refractivity contribution >= 4 is 33.8 Å². The summed E-state index contributed by atoms with van der Waals surface area (Å²) in [6.45, 7) is 2.98. The minimum atomic E-state index is -0.140. The monoisotopic (exact) mass is 340 g/mol. The molecule has 1 N–H and O–H groups in total. The highest BCUT2D eigenvalue weighted by Gasteiger charge is 2.21. The molecule has 20 heavy (non-hydrogen) atoms. The SMILES string of the molecule is CC(=O)N1CCC(NC(=O)/C=C/c2ccc(Br)o2)CC1. The second kappa shape index (κ2) is 6.74. The fourth-order valence-corrected chi connectivity index (χ4v) is 2.48. The van der Waals surface area contributed by atoms with Gasteiger partial charge in [-0.1, -0.05) is 0 Å². The first kappa shape index (κ1) is 14.8. The van der Waals surface area contributed by atoms with Gasteiger partial charge in [-0.2, -0.15) is 0 Å². The van der Waals surface area contributed by atoms with Gasteiger partial charge in [0.1, 0.15) is 5.76 Å². The van der Waals surface area contributed by atoms with Crippen LogP contribution in [0.1, 0.15) is 25.5 Å². The van der Waals surface area contributed by atoms with Crippen molar-refractivity contribution in [2.45, 2.75) is 25.8 Å². The minimum Gasteiger partial charge on any atom is -0.450 e. The lowest BCUT2D eigenvalue weighted by atomic mass is 10.1. The van der Waals surface area contributed by atoms with Crippen LogP contribution in [-0.2, 0) is 9.59 Å². The van der Waals surface area contributed by atoms with Crippen LogP contribution >= 0.6 is 15.9 Å². The van der Waals surface area contributed by atoms with Crippen molar-refractivity contribution in [1.29, 1.82) is 0 Å². The van der Waals surface area contributed by atoms with E-state index in [4.69, 9.17) is 4.42 Å². The fraction of sp³-hybridized carbons (Fsp3) is 0.429. The third kappa shape index (κ3) is 4.23. The van der Waals surface area contributed by atoms with Gasteiger partial charge in [0.2, 0.25) is 11.8 Å². The van der Waals surface area contributed by atoms with Crippen LogP contribution < -0.4 is 5.32 Å². The number of hydrogen-bond acceptors (Lipinski definition) is 3. The van der Waals surface area contributed by atoms with Crippen molar-refractivity contribution < 1.29 is 14.0 Å². The van der Waals surface area contributed by atoms with E-state index in [1.807, 2.05) is 0 Å². The van der Waals surface area contributed by atoms with E-state index in [9.17, 15) is 9.59 Å². The summed E-state index contributed by atoms with van der Waals surface area (Å²) in [5, 5.41) is 2.94. The molecule has 0 spiro atoms. The van der Waals surface area contributed by atoms with Crippen LogP contribution in [0.3, 0.4) is 0 Å². The van der Waals surface area contributed by atoms with Gasteiger partial charge in [0.25, 0.3) is 0 Å². The number of hydrogen-bond donors (Lipinski definition) is 1. The van der Waals surface area contributed by atoms with Crippen molar-refractivity contribution in [2.75, 3.05) is 13.1 Å². The lowest BCUT2D eigenvalue weighted by Gasteiger charge is -2.31. The molecule has 0 bridgehead atoms. The Balaban J connectivity index is 1.78. The molecule has 2 heterocycles. The molecule has 0 radical (unpaired) electrons. The average molecular weight is 341 g/mol. The van der Waals surface area contributed by atoms with Gasteiger partial charge in [-0.15, -0.1) is 0 Å². The standard InChI is InChI=1S/C14H17BrN2O3/c1-10(18)17-8-6-11(7-9-17)16-14(19)5-3-12-2-4-13(15)20-12/h2-5,11H,6-9H2,1H3,(H,16,19)/b5-3+. The number of nitrogens with one attached hydrogen (secondary N) is 1. The summed E-state index contributed by atoms with van der Waals surface area (Å²) < 4.78 is 5.90. The maximum Gasteiger partial charge on any atom is 0.244 e. The molecule has 0 atom stereocenters. The van der Waals surface area contributed by atoms with Crippen LogP contribution in [0, 0.1) is 0 Å². The zero-order chi connectivity index (χ0) is 14.5. The summed E-state index contributed by atoms with van der Waals surface area (Å²) in [6, 6.07) is 3.68. The zero-order valence-electron chi connectivity index (χ0n) is 11.3. The number of halogens is 1. The van der Waals surface area contributed by atoms with Crippen LogP contribution in [0.25, 0.3) is 6.08 Å². The smallest absolute Gasteiger partial charge is 0.244 e. The summed E-state index contributed by atoms with van der Waals surface area (Å²) in [5.74, 6) is 0.579. The second-order valence-corrected chi connectivity index (χ2v) is 5.55. The summed E-state index contributed by atoms with van der Waals surface area (Å²) >= 11 is 3.20. The van der Waals surface area contributed by atoms with E-state index in [0.29, 0.717) is 23.5 Å². The predicted octanol–water partition coefficient (Wildman–Crippen LogP) is 2.18. The molecule has 2 amide bonds. The van der Waals surface area contributed by atoms with Gasteiger partial charge in [0.15, 0.2) is 4.67 Å². The topological polar surface area (TPSA) is 62.6 Å². The Bertz CT molecular complexity index is 516. The zero-order valence-corrected chi connectivity index (χ0v) is 12.9. The van der Waals surface area contributed by atoms with E-state index in [-0.39, 0.29) is 17.9 Å². The lowest BCUT2D eigenvalue weighted by molar-refractivity contribution is -0.129. The van der Waals surface area contributed by atoms with E-state index in [1.165, 1.54) is 6.08 Å². The summed E-state index contributed by atoms with van der Waals surface area (Å²) in [5.41, 5.74) is 0. The molecule has 6 heteroatoms. The van der Waals surface area contributed by atoms with E-state index < -0.39 is 0 Å². The molecule has 1 aromatic heterocycles. The van der Waals surface area contributed by atoms with E-state index >= 15 is 0 Å². The maximum absolute atomic E-state index is 11.8. The van der Waals surface area contributed by atoms with Crippen LogP contribution in [0.15, 0.2) is 27.3 Å². The molecule has 1 aromatic rings. The first-order chi connectivity index (χ1) is 9.54. The molecule has 108 valence electrons. The van der Waals surface area contributed by atoms with Gasteiger partial charge in [-0.25, -0.2) is 0 Å². The molecule has 5 nitrogen and oxygen atoms in total. The maximum atomic E-state index is 11.8. The Hall–Kier alpha value is -1.56. The Kier molecular flexibility index (Phi) is 5.00. The van der Waals surface area contributed by atoms with E-state index in [1.54, 1.807) is 30.0 Å². The van der Waals surface area contributed by atoms with Crippen molar-refractivity contribution in [3.05, 3.63) is 28.6 Å². The lowest BCUT2D eigenvalue weighted by Crippen LogP contribution is -2.45. The van der Waals surface area contributed by atoms with Crippen LogP contribution in [0.4, 0.5) is 0 Å². The molecule has 0 aliphatic carbocycles. The highest BCUT2D eigenvalue weighted by molar-refractivity contribution is 9.10. The van der Waals surface area contributed by atoms with E-state index in [2.05, 4.69) is 21.2 Å². The van der Waals surface area contributed by atoms with Gasteiger partial charge in [0.05, 0.1) is 0 Å². The minimum absolute atomic E-state index is 0.0954. The molecule has 0 saturated carbocycles. The fourth-order valence-electron chi connectivity index (χ4n) is 2.16. The van der Waals surface area contributed by atoms with Crippen LogP contribution in [0.5, 0.6) is 0 Å². The number of carbonyl (C=O) groups excluding carboxylic acids is 2. The molecule has 1 saturated heterocycles. The molecule has 1 aliphatic rings. The largest absolute Gasteiger partial charge is 0.450 e. The van der Waals surface area contributed by atoms with Crippen molar-refractivity contribution in [3.63, 3.8) is 0 Å². The number of piperidine rings is 1. The van der Waals surface area contributed by atoms with Gasteiger partial charge >= 0.3 is 0 Å². The van der Waals surface area contributed by atoms with Crippen molar-refractivity contribution in [3.8, 4) is 0 Å². The van der Waals surface area contributed by atoms with Gasteiger partial charge in [0, 0.05) is 32.1 Å². The highest BCUT2D eigenvalue weighted by Crippen LogP contribution is 2.15. The van der Waals surface area contributed by atoms with E-state index in [0.717, 1.165) is 12.8 Å². The molecular formula is C14H17BrN2O3. The molecule has 2 rings (SSSR count).